The first-order chi connectivity index (χ1) is 13.5. The summed E-state index contributed by atoms with van der Waals surface area (Å²) in [5.74, 6) is 0.330. The molecule has 0 fully saturated rings. The number of anilines is 1. The summed E-state index contributed by atoms with van der Waals surface area (Å²) in [6, 6.07) is 15.2. The van der Waals surface area contributed by atoms with Gasteiger partial charge in [0.2, 0.25) is 5.13 Å². The smallest absolute Gasteiger partial charge is 0.280 e. The van der Waals surface area contributed by atoms with Crippen molar-refractivity contribution < 1.29 is 9.21 Å². The minimum absolute atomic E-state index is 0.235. The number of amides is 1. The second-order valence-electron chi connectivity index (χ2n) is 6.64. The van der Waals surface area contributed by atoms with Crippen LogP contribution in [0.5, 0.6) is 0 Å². The van der Waals surface area contributed by atoms with Crippen molar-refractivity contribution in [3.63, 3.8) is 0 Å². The number of nitrogens with zero attached hydrogens (tertiary/aromatic N) is 3. The van der Waals surface area contributed by atoms with E-state index in [0.29, 0.717) is 16.5 Å². The van der Waals surface area contributed by atoms with Gasteiger partial charge < -0.3 is 4.42 Å². The van der Waals surface area contributed by atoms with Crippen LogP contribution in [0.3, 0.4) is 0 Å². The molecule has 140 valence electrons. The summed E-state index contributed by atoms with van der Waals surface area (Å²) in [5, 5.41) is 6.26. The molecule has 0 bridgehead atoms. The molecule has 0 radical (unpaired) electrons. The van der Waals surface area contributed by atoms with Gasteiger partial charge in [-0.05, 0) is 73.9 Å². The molecule has 0 unspecified atom stereocenters. The summed E-state index contributed by atoms with van der Waals surface area (Å²) >= 11 is 1.44. The zero-order valence-electron chi connectivity index (χ0n) is 15.8. The minimum atomic E-state index is -0.235. The lowest BCUT2D eigenvalue weighted by molar-refractivity contribution is 0.0987. The lowest BCUT2D eigenvalue weighted by Crippen LogP contribution is -2.25. The van der Waals surface area contributed by atoms with E-state index in [1.54, 1.807) is 18.4 Å². The monoisotopic (exact) mass is 389 g/mol. The average Bonchev–Trinajstić information content (AvgIpc) is 3.33. The number of rotatable bonds is 4. The normalized spacial score (nSPS) is 11.4. The van der Waals surface area contributed by atoms with Crippen molar-refractivity contribution in [1.29, 1.82) is 0 Å². The van der Waals surface area contributed by atoms with Crippen LogP contribution in [-0.4, -0.2) is 17.1 Å². The van der Waals surface area contributed by atoms with Gasteiger partial charge >= 0.3 is 0 Å². The summed E-state index contributed by atoms with van der Waals surface area (Å²) in [6.07, 6.45) is 3.09. The highest BCUT2D eigenvalue weighted by atomic mass is 32.1. The first-order valence-corrected chi connectivity index (χ1v) is 9.69. The van der Waals surface area contributed by atoms with Gasteiger partial charge in [0.15, 0.2) is 0 Å². The maximum Gasteiger partial charge on any atom is 0.280 e. The third-order valence-electron chi connectivity index (χ3n) is 4.50. The lowest BCUT2D eigenvalue weighted by Gasteiger charge is -2.14. The standard InChI is InChI=1S/C22H19N3O2S/c1-14-6-9-19-20(11-14)28-22(24-19)25(23-13-18-5-4-10-27-18)21(26)17-8-7-15(2)16(3)12-17/h4-13H,1-3H3/b23-13-. The number of thiazole rings is 1. The van der Waals surface area contributed by atoms with E-state index in [1.165, 1.54) is 22.6 Å². The largest absolute Gasteiger partial charge is 0.463 e. The molecular weight excluding hydrogens is 370 g/mol. The fourth-order valence-corrected chi connectivity index (χ4v) is 3.80. The summed E-state index contributed by atoms with van der Waals surface area (Å²) in [7, 11) is 0. The Kier molecular flexibility index (Phi) is 4.79. The number of aromatic nitrogens is 1. The number of benzene rings is 2. The molecule has 28 heavy (non-hydrogen) atoms. The summed E-state index contributed by atoms with van der Waals surface area (Å²) in [4.78, 5) is 17.9. The summed E-state index contributed by atoms with van der Waals surface area (Å²) < 4.78 is 6.33. The van der Waals surface area contributed by atoms with E-state index in [2.05, 4.69) is 16.2 Å². The molecule has 0 atom stereocenters. The zero-order chi connectivity index (χ0) is 19.7. The SMILES string of the molecule is Cc1ccc2nc(N(/N=C\c3ccco3)C(=O)c3ccc(C)c(C)c3)sc2c1. The van der Waals surface area contributed by atoms with E-state index in [-0.39, 0.29) is 5.91 Å². The molecule has 0 saturated carbocycles. The number of hydrogen-bond donors (Lipinski definition) is 0. The van der Waals surface area contributed by atoms with Gasteiger partial charge in [-0.2, -0.15) is 10.1 Å². The minimum Gasteiger partial charge on any atom is -0.463 e. The maximum absolute atomic E-state index is 13.3. The summed E-state index contributed by atoms with van der Waals surface area (Å²) in [5.41, 5.74) is 4.75. The van der Waals surface area contributed by atoms with E-state index < -0.39 is 0 Å². The van der Waals surface area contributed by atoms with E-state index in [9.17, 15) is 4.79 Å². The highest BCUT2D eigenvalue weighted by Gasteiger charge is 2.21. The number of aryl methyl sites for hydroxylation is 3. The van der Waals surface area contributed by atoms with Gasteiger partial charge in [0.25, 0.3) is 5.91 Å². The van der Waals surface area contributed by atoms with E-state index in [4.69, 9.17) is 4.42 Å². The third kappa shape index (κ3) is 3.59. The fraction of sp³-hybridized carbons (Fsp3) is 0.136. The van der Waals surface area contributed by atoms with Gasteiger partial charge in [-0.3, -0.25) is 4.79 Å². The Bertz CT molecular complexity index is 1180. The van der Waals surface area contributed by atoms with Crippen molar-refractivity contribution in [2.24, 2.45) is 5.10 Å². The number of hydrogen-bond acceptors (Lipinski definition) is 5. The van der Waals surface area contributed by atoms with Crippen molar-refractivity contribution in [3.8, 4) is 0 Å². The second-order valence-corrected chi connectivity index (χ2v) is 7.65. The van der Waals surface area contributed by atoms with Crippen molar-refractivity contribution >= 4 is 38.8 Å². The van der Waals surface area contributed by atoms with Gasteiger partial charge in [-0.1, -0.05) is 23.5 Å². The third-order valence-corrected chi connectivity index (χ3v) is 5.50. The molecule has 0 aliphatic heterocycles. The molecule has 4 rings (SSSR count). The van der Waals surface area contributed by atoms with Crippen LogP contribution in [0.4, 0.5) is 5.13 Å². The van der Waals surface area contributed by atoms with E-state index >= 15 is 0 Å². The van der Waals surface area contributed by atoms with Gasteiger partial charge in [0.05, 0.1) is 22.7 Å². The van der Waals surface area contributed by atoms with Crippen LogP contribution in [0.2, 0.25) is 0 Å². The van der Waals surface area contributed by atoms with Crippen LogP contribution >= 0.6 is 11.3 Å². The van der Waals surface area contributed by atoms with Crippen LogP contribution in [0.15, 0.2) is 64.3 Å². The van der Waals surface area contributed by atoms with Crippen LogP contribution in [0, 0.1) is 20.8 Å². The first-order valence-electron chi connectivity index (χ1n) is 8.87. The molecule has 5 nitrogen and oxygen atoms in total. The Morgan fingerprint density at radius 1 is 1.11 bits per heavy atom. The van der Waals surface area contributed by atoms with Crippen LogP contribution < -0.4 is 5.01 Å². The van der Waals surface area contributed by atoms with Crippen LogP contribution in [-0.2, 0) is 0 Å². The molecule has 4 aromatic rings. The predicted molar refractivity (Wildman–Crippen MR) is 113 cm³/mol. The lowest BCUT2D eigenvalue weighted by atomic mass is 10.1. The number of hydrazone groups is 1. The molecule has 2 aromatic carbocycles. The molecule has 0 aliphatic rings. The molecular formula is C22H19N3O2S. The van der Waals surface area contributed by atoms with Gasteiger partial charge in [0.1, 0.15) is 5.76 Å². The van der Waals surface area contributed by atoms with E-state index in [0.717, 1.165) is 26.9 Å². The first kappa shape index (κ1) is 18.1. The number of carbonyl (C=O) groups is 1. The maximum atomic E-state index is 13.3. The molecule has 2 aromatic heterocycles. The number of fused-ring (bicyclic) bond motifs is 1. The highest BCUT2D eigenvalue weighted by Crippen LogP contribution is 2.31. The number of furan rings is 1. The van der Waals surface area contributed by atoms with Crippen LogP contribution in [0.1, 0.15) is 32.8 Å². The Morgan fingerprint density at radius 2 is 1.96 bits per heavy atom. The predicted octanol–water partition coefficient (Wildman–Crippen LogP) is 5.50. The second kappa shape index (κ2) is 7.40. The Morgan fingerprint density at radius 3 is 2.71 bits per heavy atom. The molecule has 1 amide bonds. The van der Waals surface area contributed by atoms with Gasteiger partial charge in [0, 0.05) is 5.56 Å². The van der Waals surface area contributed by atoms with Crippen molar-refractivity contribution in [2.45, 2.75) is 20.8 Å². The van der Waals surface area contributed by atoms with Gasteiger partial charge in [-0.15, -0.1) is 0 Å². The molecule has 2 heterocycles. The molecule has 0 N–H and O–H groups in total. The van der Waals surface area contributed by atoms with Crippen LogP contribution in [0.25, 0.3) is 10.2 Å². The van der Waals surface area contributed by atoms with Crippen molar-refractivity contribution in [2.75, 3.05) is 5.01 Å². The molecule has 0 saturated heterocycles. The molecule has 6 heteroatoms. The topological polar surface area (TPSA) is 58.7 Å². The highest BCUT2D eigenvalue weighted by molar-refractivity contribution is 7.22. The fourth-order valence-electron chi connectivity index (χ4n) is 2.78. The average molecular weight is 389 g/mol. The molecule has 0 aliphatic carbocycles. The Hall–Kier alpha value is -3.25. The Balaban J connectivity index is 1.77. The molecule has 0 spiro atoms. The summed E-state index contributed by atoms with van der Waals surface area (Å²) in [6.45, 7) is 6.04. The number of carbonyl (C=O) groups excluding carboxylic acids is 1. The Labute approximate surface area is 166 Å². The van der Waals surface area contributed by atoms with Crippen molar-refractivity contribution in [1.82, 2.24) is 4.98 Å². The van der Waals surface area contributed by atoms with Crippen molar-refractivity contribution in [3.05, 3.63) is 82.8 Å². The zero-order valence-corrected chi connectivity index (χ0v) is 16.7. The van der Waals surface area contributed by atoms with E-state index in [1.807, 2.05) is 51.1 Å². The van der Waals surface area contributed by atoms with Gasteiger partial charge in [-0.25, -0.2) is 4.98 Å². The quantitative estimate of drug-likeness (QED) is 0.342.